The Kier molecular flexibility index (Phi) is 5.57. The first-order valence-corrected chi connectivity index (χ1v) is 5.99. The molecule has 1 unspecified atom stereocenters. The normalized spacial score (nSPS) is 15.8. The molecule has 0 aromatic rings. The monoisotopic (exact) mass is 257 g/mol. The molecule has 0 aliphatic heterocycles. The van der Waals surface area contributed by atoms with E-state index in [9.17, 15) is 14.4 Å². The molecule has 0 saturated heterocycles. The summed E-state index contributed by atoms with van der Waals surface area (Å²) in [6, 6.07) is -0.943. The average Bonchev–Trinajstić information content (AvgIpc) is 3.09. The summed E-state index contributed by atoms with van der Waals surface area (Å²) < 4.78 is 0. The number of amides is 2. The van der Waals surface area contributed by atoms with Crippen molar-refractivity contribution in [2.45, 2.75) is 25.8 Å². The Hall–Kier alpha value is -1.63. The number of nitrogens with one attached hydrogen (secondary N) is 3. The molecule has 1 saturated carbocycles. The maximum absolute atomic E-state index is 11.3. The fourth-order valence-electron chi connectivity index (χ4n) is 1.46. The van der Waals surface area contributed by atoms with E-state index >= 15 is 0 Å². The molecule has 0 radical (unpaired) electrons. The van der Waals surface area contributed by atoms with Crippen LogP contribution in [0.4, 0.5) is 0 Å². The quantitative estimate of drug-likeness (QED) is 0.404. The summed E-state index contributed by atoms with van der Waals surface area (Å²) in [4.78, 5) is 32.8. The molecule has 0 bridgehead atoms. The zero-order valence-electron chi connectivity index (χ0n) is 10.4. The van der Waals surface area contributed by atoms with E-state index in [-0.39, 0.29) is 24.3 Å². The van der Waals surface area contributed by atoms with Crippen molar-refractivity contribution >= 4 is 17.8 Å². The van der Waals surface area contributed by atoms with Crippen LogP contribution in [-0.2, 0) is 14.4 Å². The maximum atomic E-state index is 11.3. The van der Waals surface area contributed by atoms with Gasteiger partial charge >= 0.3 is 5.97 Å². The molecule has 1 atom stereocenters. The molecule has 0 spiro atoms. The highest BCUT2D eigenvalue weighted by Crippen LogP contribution is 2.28. The Bertz CT molecular complexity index is 328. The van der Waals surface area contributed by atoms with Crippen LogP contribution in [0, 0.1) is 5.92 Å². The van der Waals surface area contributed by atoms with Crippen molar-refractivity contribution < 1.29 is 19.5 Å². The van der Waals surface area contributed by atoms with Crippen LogP contribution in [0.1, 0.15) is 19.8 Å². The van der Waals surface area contributed by atoms with E-state index in [0.29, 0.717) is 13.1 Å². The Morgan fingerprint density at radius 3 is 2.44 bits per heavy atom. The number of carboxylic acid groups (broad SMARTS) is 1. The second kappa shape index (κ2) is 6.95. The number of rotatable bonds is 8. The van der Waals surface area contributed by atoms with Crippen LogP contribution < -0.4 is 16.0 Å². The van der Waals surface area contributed by atoms with Crippen LogP contribution in [0.5, 0.6) is 0 Å². The lowest BCUT2D eigenvalue weighted by Gasteiger charge is -2.14. The summed E-state index contributed by atoms with van der Waals surface area (Å²) in [6.07, 6.45) is 1.92. The summed E-state index contributed by atoms with van der Waals surface area (Å²) in [5, 5.41) is 16.8. The van der Waals surface area contributed by atoms with E-state index in [1.165, 1.54) is 6.92 Å². The number of carbonyl (C=O) groups is 3. The molecule has 4 N–H and O–H groups in total. The molecule has 0 aromatic carbocycles. The van der Waals surface area contributed by atoms with Crippen molar-refractivity contribution in [1.29, 1.82) is 0 Å². The minimum atomic E-state index is -1.08. The van der Waals surface area contributed by atoms with Gasteiger partial charge in [-0.05, 0) is 12.8 Å². The summed E-state index contributed by atoms with van der Waals surface area (Å²) in [7, 11) is 0. The van der Waals surface area contributed by atoms with Gasteiger partial charge in [-0.15, -0.1) is 0 Å². The van der Waals surface area contributed by atoms with Gasteiger partial charge in [0.2, 0.25) is 11.8 Å². The molecular formula is C11H19N3O4. The lowest BCUT2D eigenvalue weighted by Crippen LogP contribution is -2.47. The molecule has 7 heteroatoms. The second-order valence-electron chi connectivity index (χ2n) is 4.36. The third kappa shape index (κ3) is 5.62. The summed E-state index contributed by atoms with van der Waals surface area (Å²) >= 11 is 0. The van der Waals surface area contributed by atoms with Gasteiger partial charge < -0.3 is 21.1 Å². The predicted octanol–water partition coefficient (Wildman–Crippen LogP) is -1.31. The van der Waals surface area contributed by atoms with E-state index in [4.69, 9.17) is 5.11 Å². The molecule has 7 nitrogen and oxygen atoms in total. The van der Waals surface area contributed by atoms with Gasteiger partial charge in [0.25, 0.3) is 0 Å². The van der Waals surface area contributed by atoms with Crippen molar-refractivity contribution in [3.05, 3.63) is 0 Å². The Morgan fingerprint density at radius 2 is 1.94 bits per heavy atom. The highest BCUT2D eigenvalue weighted by atomic mass is 16.4. The average molecular weight is 257 g/mol. The van der Waals surface area contributed by atoms with E-state index < -0.39 is 12.0 Å². The van der Waals surface area contributed by atoms with Crippen LogP contribution >= 0.6 is 0 Å². The van der Waals surface area contributed by atoms with Crippen LogP contribution in [0.25, 0.3) is 0 Å². The third-order valence-electron chi connectivity index (χ3n) is 2.57. The molecule has 18 heavy (non-hydrogen) atoms. The van der Waals surface area contributed by atoms with Gasteiger partial charge in [0, 0.05) is 32.5 Å². The lowest BCUT2D eigenvalue weighted by atomic mass is 10.3. The molecule has 1 aliphatic carbocycles. The number of hydrogen-bond donors (Lipinski definition) is 4. The van der Waals surface area contributed by atoms with Gasteiger partial charge in [0.1, 0.15) is 6.04 Å². The van der Waals surface area contributed by atoms with E-state index in [0.717, 1.165) is 12.8 Å². The second-order valence-corrected chi connectivity index (χ2v) is 4.36. The first kappa shape index (κ1) is 14.4. The molecule has 1 aliphatic rings. The lowest BCUT2D eigenvalue weighted by molar-refractivity contribution is -0.141. The zero-order chi connectivity index (χ0) is 13.5. The standard InChI is InChI=1S/C11H19N3O4/c1-7(15)14-9(11(17)18)6-12-4-5-13-10(16)8-2-3-8/h8-9,12H,2-6H2,1H3,(H,13,16)(H,14,15)(H,17,18). The van der Waals surface area contributed by atoms with Crippen LogP contribution in [0.2, 0.25) is 0 Å². The molecule has 2 amide bonds. The third-order valence-corrected chi connectivity index (χ3v) is 2.57. The van der Waals surface area contributed by atoms with Crippen molar-refractivity contribution in [1.82, 2.24) is 16.0 Å². The molecule has 1 rings (SSSR count). The van der Waals surface area contributed by atoms with E-state index in [1.807, 2.05) is 0 Å². The zero-order valence-corrected chi connectivity index (χ0v) is 10.4. The van der Waals surface area contributed by atoms with Gasteiger partial charge in [-0.3, -0.25) is 9.59 Å². The Balaban J connectivity index is 2.08. The Labute approximate surface area is 105 Å². The topological polar surface area (TPSA) is 108 Å². The molecular weight excluding hydrogens is 238 g/mol. The number of hydrogen-bond acceptors (Lipinski definition) is 4. The smallest absolute Gasteiger partial charge is 0.327 e. The highest BCUT2D eigenvalue weighted by Gasteiger charge is 2.28. The molecule has 0 aromatic heterocycles. The fraction of sp³-hybridized carbons (Fsp3) is 0.727. The van der Waals surface area contributed by atoms with Crippen molar-refractivity contribution in [3.8, 4) is 0 Å². The highest BCUT2D eigenvalue weighted by molar-refractivity contribution is 5.82. The van der Waals surface area contributed by atoms with Gasteiger partial charge in [-0.2, -0.15) is 0 Å². The van der Waals surface area contributed by atoms with Crippen molar-refractivity contribution in [2.75, 3.05) is 19.6 Å². The first-order chi connectivity index (χ1) is 8.50. The fourth-order valence-corrected chi connectivity index (χ4v) is 1.46. The van der Waals surface area contributed by atoms with Crippen molar-refractivity contribution in [2.24, 2.45) is 5.92 Å². The minimum absolute atomic E-state index is 0.0634. The van der Waals surface area contributed by atoms with Gasteiger partial charge in [-0.25, -0.2) is 4.79 Å². The van der Waals surface area contributed by atoms with Gasteiger partial charge in [0.05, 0.1) is 0 Å². The summed E-state index contributed by atoms with van der Waals surface area (Å²) in [5.41, 5.74) is 0. The summed E-state index contributed by atoms with van der Waals surface area (Å²) in [6.45, 7) is 2.34. The van der Waals surface area contributed by atoms with E-state index in [2.05, 4.69) is 16.0 Å². The largest absolute Gasteiger partial charge is 0.480 e. The van der Waals surface area contributed by atoms with Crippen molar-refractivity contribution in [3.63, 3.8) is 0 Å². The number of carboxylic acids is 1. The first-order valence-electron chi connectivity index (χ1n) is 5.99. The van der Waals surface area contributed by atoms with Crippen LogP contribution in [0.15, 0.2) is 0 Å². The molecule has 102 valence electrons. The van der Waals surface area contributed by atoms with E-state index in [1.54, 1.807) is 0 Å². The summed E-state index contributed by atoms with van der Waals surface area (Å²) in [5.74, 6) is -1.23. The van der Waals surface area contributed by atoms with Crippen LogP contribution in [0.3, 0.4) is 0 Å². The number of carbonyl (C=O) groups excluding carboxylic acids is 2. The van der Waals surface area contributed by atoms with Crippen LogP contribution in [-0.4, -0.2) is 48.6 Å². The van der Waals surface area contributed by atoms with Gasteiger partial charge in [0.15, 0.2) is 0 Å². The molecule has 1 fully saturated rings. The maximum Gasteiger partial charge on any atom is 0.327 e. The molecule has 0 heterocycles. The number of aliphatic carboxylic acids is 1. The minimum Gasteiger partial charge on any atom is -0.480 e. The Morgan fingerprint density at radius 1 is 1.28 bits per heavy atom. The predicted molar refractivity (Wildman–Crippen MR) is 63.8 cm³/mol. The SMILES string of the molecule is CC(=O)NC(CNCCNC(=O)C1CC1)C(=O)O. The van der Waals surface area contributed by atoms with Gasteiger partial charge in [-0.1, -0.05) is 0 Å².